The van der Waals surface area contributed by atoms with Crippen molar-refractivity contribution in [2.45, 2.75) is 26.8 Å². The lowest BCUT2D eigenvalue weighted by atomic mass is 10.2. The molecule has 0 spiro atoms. The molecule has 8 nitrogen and oxygen atoms in total. The van der Waals surface area contributed by atoms with E-state index in [9.17, 15) is 17.6 Å². The molecule has 0 saturated heterocycles. The molecule has 0 saturated carbocycles. The van der Waals surface area contributed by atoms with Crippen molar-refractivity contribution in [3.05, 3.63) is 108 Å². The number of nitrogens with one attached hydrogen (secondary N) is 1. The smallest absolute Gasteiger partial charge is 0.263 e. The fourth-order valence-corrected chi connectivity index (χ4v) is 5.45. The van der Waals surface area contributed by atoms with Gasteiger partial charge < -0.3 is 9.30 Å². The van der Waals surface area contributed by atoms with Crippen LogP contribution in [0, 0.1) is 19.7 Å². The van der Waals surface area contributed by atoms with Crippen molar-refractivity contribution in [2.75, 3.05) is 10.6 Å². The Kier molecular flexibility index (Phi) is 8.15. The van der Waals surface area contributed by atoms with E-state index in [-0.39, 0.29) is 5.82 Å². The van der Waals surface area contributed by atoms with E-state index in [0.29, 0.717) is 28.4 Å². The quantitative estimate of drug-likeness (QED) is 0.226. The number of aromatic nitrogens is 1. The minimum atomic E-state index is -3.81. The Hall–Kier alpha value is -4.44. The minimum absolute atomic E-state index is 0.304. The predicted octanol–water partition coefficient (Wildman–Crippen LogP) is 5.33. The van der Waals surface area contributed by atoms with Crippen molar-refractivity contribution in [1.82, 2.24) is 9.99 Å². The molecule has 1 N–H and O–H groups in total. The molecular weight excluding hydrogens is 519 g/mol. The van der Waals surface area contributed by atoms with Crippen molar-refractivity contribution in [1.29, 1.82) is 0 Å². The summed E-state index contributed by atoms with van der Waals surface area (Å²) in [6.07, 6.45) is 2.48. The van der Waals surface area contributed by atoms with E-state index in [0.717, 1.165) is 21.9 Å². The predicted molar refractivity (Wildman–Crippen MR) is 151 cm³/mol. The Morgan fingerprint density at radius 1 is 1.00 bits per heavy atom. The first kappa shape index (κ1) is 27.6. The molecule has 1 amide bonds. The highest BCUT2D eigenvalue weighted by Gasteiger charge is 2.29. The van der Waals surface area contributed by atoms with Gasteiger partial charge in [-0.2, -0.15) is 5.10 Å². The van der Waals surface area contributed by atoms with Crippen LogP contribution in [0.4, 0.5) is 10.1 Å². The third kappa shape index (κ3) is 6.35. The lowest BCUT2D eigenvalue weighted by Gasteiger charge is -2.27. The molecule has 0 bridgehead atoms. The van der Waals surface area contributed by atoms with Gasteiger partial charge in [-0.25, -0.2) is 18.2 Å². The number of para-hydroxylation sites is 2. The first-order valence-electron chi connectivity index (χ1n) is 12.2. The Morgan fingerprint density at radius 2 is 1.62 bits per heavy atom. The average Bonchev–Trinajstić information content (AvgIpc) is 3.17. The number of amides is 1. The second-order valence-corrected chi connectivity index (χ2v) is 10.9. The number of aryl methyl sites for hydroxylation is 1. The highest BCUT2D eigenvalue weighted by Crippen LogP contribution is 2.27. The molecule has 0 fully saturated rings. The van der Waals surface area contributed by atoms with E-state index in [1.54, 1.807) is 59.2 Å². The fourth-order valence-electron chi connectivity index (χ4n) is 4.28. The summed E-state index contributed by atoms with van der Waals surface area (Å²) in [4.78, 5) is 12.9. The van der Waals surface area contributed by atoms with Gasteiger partial charge in [0, 0.05) is 17.0 Å². The third-order valence-electron chi connectivity index (χ3n) is 6.10. The monoisotopic (exact) mass is 548 g/mol. The van der Waals surface area contributed by atoms with Gasteiger partial charge >= 0.3 is 0 Å². The standard InChI is InChI=1S/C29H29FN4O4S/c1-20-18-23(21(2)33(20)28-13-9-8-12-27(28)30)19-31-32-29(35)22(3)34(39(4,36)37)24-14-16-26(17-15-24)38-25-10-6-5-7-11-25/h5-19,22H,1-4H3,(H,32,35)/b31-19-/t22-/m1/s1. The van der Waals surface area contributed by atoms with Crippen LogP contribution >= 0.6 is 0 Å². The number of nitrogens with zero attached hydrogens (tertiary/aromatic N) is 3. The summed E-state index contributed by atoms with van der Waals surface area (Å²) in [5.41, 5.74) is 5.34. The zero-order valence-corrected chi connectivity index (χ0v) is 22.8. The minimum Gasteiger partial charge on any atom is -0.457 e. The number of sulfonamides is 1. The number of hydrogen-bond acceptors (Lipinski definition) is 5. The molecule has 4 aromatic rings. The van der Waals surface area contributed by atoms with Gasteiger partial charge in [0.05, 0.1) is 23.8 Å². The zero-order chi connectivity index (χ0) is 28.2. The van der Waals surface area contributed by atoms with Gasteiger partial charge in [0.1, 0.15) is 23.4 Å². The third-order valence-corrected chi connectivity index (χ3v) is 7.34. The zero-order valence-electron chi connectivity index (χ0n) is 22.0. The normalized spacial score (nSPS) is 12.3. The van der Waals surface area contributed by atoms with E-state index in [4.69, 9.17) is 4.74 Å². The summed E-state index contributed by atoms with van der Waals surface area (Å²) >= 11 is 0. The number of anilines is 1. The number of rotatable bonds is 9. The Bertz CT molecular complexity index is 1600. The van der Waals surface area contributed by atoms with Crippen molar-refractivity contribution >= 4 is 27.8 Å². The van der Waals surface area contributed by atoms with Gasteiger partial charge in [-0.3, -0.25) is 9.10 Å². The van der Waals surface area contributed by atoms with Crippen molar-refractivity contribution in [2.24, 2.45) is 5.10 Å². The SMILES string of the molecule is Cc1cc(/C=N\NC(=O)[C@@H](C)N(c2ccc(Oc3ccccc3)cc2)S(C)(=O)=O)c(C)n1-c1ccccc1F. The van der Waals surface area contributed by atoms with Crippen molar-refractivity contribution in [3.63, 3.8) is 0 Å². The number of hydrogen-bond donors (Lipinski definition) is 1. The first-order chi connectivity index (χ1) is 18.6. The summed E-state index contributed by atoms with van der Waals surface area (Å²) in [6.45, 7) is 5.14. The number of benzene rings is 3. The summed E-state index contributed by atoms with van der Waals surface area (Å²) in [5, 5.41) is 4.04. The van der Waals surface area contributed by atoms with Crippen LogP contribution in [0.5, 0.6) is 11.5 Å². The molecule has 0 aliphatic heterocycles. The van der Waals surface area contributed by atoms with Crippen LogP contribution in [0.1, 0.15) is 23.9 Å². The van der Waals surface area contributed by atoms with Gasteiger partial charge in [-0.15, -0.1) is 0 Å². The molecule has 10 heteroatoms. The van der Waals surface area contributed by atoms with Gasteiger partial charge in [-0.1, -0.05) is 30.3 Å². The summed E-state index contributed by atoms with van der Waals surface area (Å²) in [5.74, 6) is 0.188. The summed E-state index contributed by atoms with van der Waals surface area (Å²) in [6, 6.07) is 22.8. The lowest BCUT2D eigenvalue weighted by Crippen LogP contribution is -2.46. The highest BCUT2D eigenvalue weighted by atomic mass is 32.2. The van der Waals surface area contributed by atoms with E-state index >= 15 is 0 Å². The molecule has 1 aromatic heterocycles. The van der Waals surface area contributed by atoms with Crippen LogP contribution in [-0.2, 0) is 14.8 Å². The molecule has 0 aliphatic carbocycles. The van der Waals surface area contributed by atoms with E-state index in [1.807, 2.05) is 38.1 Å². The Morgan fingerprint density at radius 3 is 2.26 bits per heavy atom. The second kappa shape index (κ2) is 11.5. The van der Waals surface area contributed by atoms with Gasteiger partial charge in [0.25, 0.3) is 5.91 Å². The van der Waals surface area contributed by atoms with Gasteiger partial charge in [0.15, 0.2) is 0 Å². The second-order valence-electron chi connectivity index (χ2n) is 8.99. The number of halogens is 1. The Balaban J connectivity index is 1.49. The van der Waals surface area contributed by atoms with Crippen LogP contribution in [0.2, 0.25) is 0 Å². The van der Waals surface area contributed by atoms with Crippen molar-refractivity contribution in [3.8, 4) is 17.2 Å². The van der Waals surface area contributed by atoms with Crippen LogP contribution < -0.4 is 14.5 Å². The largest absolute Gasteiger partial charge is 0.457 e. The molecule has 3 aromatic carbocycles. The van der Waals surface area contributed by atoms with Crippen molar-refractivity contribution < 1.29 is 22.3 Å². The maximum absolute atomic E-state index is 14.4. The number of carbonyl (C=O) groups excluding carboxylic acids is 1. The fraction of sp³-hybridized carbons (Fsp3) is 0.172. The topological polar surface area (TPSA) is 93.0 Å². The van der Waals surface area contributed by atoms with Crippen LogP contribution in [-0.4, -0.2) is 37.4 Å². The van der Waals surface area contributed by atoms with Gasteiger partial charge in [0.2, 0.25) is 10.0 Å². The van der Waals surface area contributed by atoms with E-state index in [2.05, 4.69) is 10.5 Å². The number of hydrazone groups is 1. The molecule has 202 valence electrons. The average molecular weight is 549 g/mol. The molecule has 1 heterocycles. The Labute approximate surface area is 227 Å². The number of ether oxygens (including phenoxy) is 1. The summed E-state index contributed by atoms with van der Waals surface area (Å²) < 4.78 is 48.2. The summed E-state index contributed by atoms with van der Waals surface area (Å²) in [7, 11) is -3.81. The van der Waals surface area contributed by atoms with Crippen LogP contribution in [0.25, 0.3) is 5.69 Å². The molecule has 0 unspecified atom stereocenters. The molecule has 0 radical (unpaired) electrons. The molecule has 0 aliphatic rings. The lowest BCUT2D eigenvalue weighted by molar-refractivity contribution is -0.121. The van der Waals surface area contributed by atoms with E-state index < -0.39 is 22.0 Å². The maximum Gasteiger partial charge on any atom is 0.263 e. The number of carbonyl (C=O) groups is 1. The molecule has 39 heavy (non-hydrogen) atoms. The van der Waals surface area contributed by atoms with Crippen LogP contribution in [0.15, 0.2) is 90.0 Å². The van der Waals surface area contributed by atoms with Crippen LogP contribution in [0.3, 0.4) is 0 Å². The molecule has 1 atom stereocenters. The van der Waals surface area contributed by atoms with Gasteiger partial charge in [-0.05, 0) is 75.4 Å². The molecule has 4 rings (SSSR count). The maximum atomic E-state index is 14.4. The first-order valence-corrected chi connectivity index (χ1v) is 14.0. The molecular formula is C29H29FN4O4S. The highest BCUT2D eigenvalue weighted by molar-refractivity contribution is 7.92. The van der Waals surface area contributed by atoms with E-state index in [1.165, 1.54) is 19.2 Å².